The van der Waals surface area contributed by atoms with Gasteiger partial charge in [-0.2, -0.15) is 5.10 Å². The molecule has 5 nitrogen and oxygen atoms in total. The summed E-state index contributed by atoms with van der Waals surface area (Å²) in [5.41, 5.74) is 4.30. The van der Waals surface area contributed by atoms with Crippen molar-refractivity contribution in [1.82, 2.24) is 9.78 Å². The first-order chi connectivity index (χ1) is 12.5. The van der Waals surface area contributed by atoms with Crippen LogP contribution in [0.2, 0.25) is 5.02 Å². The van der Waals surface area contributed by atoms with Gasteiger partial charge in [-0.1, -0.05) is 41.9 Å². The summed E-state index contributed by atoms with van der Waals surface area (Å²) in [6, 6.07) is 13.8. The van der Waals surface area contributed by atoms with Crippen LogP contribution in [0.1, 0.15) is 11.1 Å². The molecular formula is C20H16ClN3O2. The Balaban J connectivity index is 1.68. The molecule has 0 spiro atoms. The Bertz CT molecular complexity index is 1010. The second-order valence-corrected chi connectivity index (χ2v) is 6.74. The van der Waals surface area contributed by atoms with Gasteiger partial charge in [0.2, 0.25) is 5.78 Å². The highest BCUT2D eigenvalue weighted by Crippen LogP contribution is 2.36. The van der Waals surface area contributed by atoms with Crippen molar-refractivity contribution >= 4 is 29.0 Å². The molecule has 0 bridgehead atoms. The molecule has 130 valence electrons. The molecule has 0 aliphatic carbocycles. The molecule has 1 amide bonds. The third kappa shape index (κ3) is 2.91. The van der Waals surface area contributed by atoms with Crippen molar-refractivity contribution in [2.75, 3.05) is 11.9 Å². The smallest absolute Gasteiger partial charge is 0.294 e. The van der Waals surface area contributed by atoms with E-state index in [0.717, 1.165) is 16.7 Å². The number of Topliss-reactive ketones (excluding diaryl/α,β-unsaturated/α-hetero) is 1. The zero-order valence-corrected chi connectivity index (χ0v) is 14.9. The average molecular weight is 366 g/mol. The normalized spacial score (nSPS) is 13.8. The minimum absolute atomic E-state index is 0.0465. The summed E-state index contributed by atoms with van der Waals surface area (Å²) in [7, 11) is 1.59. The monoisotopic (exact) mass is 365 g/mol. The molecule has 2 heterocycles. The predicted octanol–water partition coefficient (Wildman–Crippen LogP) is 3.34. The second-order valence-electron chi connectivity index (χ2n) is 6.33. The van der Waals surface area contributed by atoms with Gasteiger partial charge in [-0.05, 0) is 23.3 Å². The van der Waals surface area contributed by atoms with Crippen LogP contribution in [0.4, 0.5) is 5.69 Å². The van der Waals surface area contributed by atoms with Gasteiger partial charge in [-0.15, -0.1) is 0 Å². The number of fused-ring (bicyclic) bond motifs is 1. The number of halogens is 1. The Morgan fingerprint density at radius 2 is 1.88 bits per heavy atom. The lowest BCUT2D eigenvalue weighted by Crippen LogP contribution is -2.39. The van der Waals surface area contributed by atoms with Gasteiger partial charge in [0.15, 0.2) is 0 Å². The average Bonchev–Trinajstić information content (AvgIpc) is 3.10. The van der Waals surface area contributed by atoms with E-state index in [0.29, 0.717) is 22.8 Å². The molecule has 1 aromatic heterocycles. The van der Waals surface area contributed by atoms with E-state index >= 15 is 0 Å². The van der Waals surface area contributed by atoms with E-state index in [2.05, 4.69) is 17.2 Å². The maximum atomic E-state index is 12.0. The summed E-state index contributed by atoms with van der Waals surface area (Å²) in [6.45, 7) is 0.673. The number of hydrogen-bond acceptors (Lipinski definition) is 3. The van der Waals surface area contributed by atoms with Crippen LogP contribution in [0.15, 0.2) is 54.9 Å². The van der Waals surface area contributed by atoms with Crippen molar-refractivity contribution in [1.29, 1.82) is 0 Å². The van der Waals surface area contributed by atoms with Crippen molar-refractivity contribution in [2.45, 2.75) is 13.0 Å². The number of nitrogens with zero attached hydrogens (tertiary/aromatic N) is 3. The summed E-state index contributed by atoms with van der Waals surface area (Å²) in [5, 5.41) is 4.90. The van der Waals surface area contributed by atoms with Crippen LogP contribution >= 0.6 is 11.6 Å². The number of likely N-dealkylation sites (N-methyl/N-ethyl adjacent to an activating group) is 1. The van der Waals surface area contributed by atoms with Gasteiger partial charge in [0.05, 0.1) is 12.7 Å². The molecule has 0 radical (unpaired) electrons. The van der Waals surface area contributed by atoms with Crippen molar-refractivity contribution < 1.29 is 9.59 Å². The highest BCUT2D eigenvalue weighted by atomic mass is 35.5. The number of ketones is 1. The molecular weight excluding hydrogens is 350 g/mol. The van der Waals surface area contributed by atoms with E-state index in [4.69, 9.17) is 11.6 Å². The highest BCUT2D eigenvalue weighted by Gasteiger charge is 2.30. The van der Waals surface area contributed by atoms with Gasteiger partial charge in [-0.25, -0.2) is 0 Å². The highest BCUT2D eigenvalue weighted by molar-refractivity contribution is 6.44. The second kappa shape index (κ2) is 6.42. The van der Waals surface area contributed by atoms with Gasteiger partial charge >= 0.3 is 0 Å². The number of rotatable bonds is 3. The van der Waals surface area contributed by atoms with Gasteiger partial charge in [0.1, 0.15) is 0 Å². The SMILES string of the molecule is CN1C(=O)C(=O)Cc2c(Cl)cc(-c3cnn(Cc4ccccc4)c3)cc21. The van der Waals surface area contributed by atoms with E-state index in [-0.39, 0.29) is 6.42 Å². The van der Waals surface area contributed by atoms with Gasteiger partial charge in [-0.3, -0.25) is 14.3 Å². The first kappa shape index (κ1) is 16.5. The Morgan fingerprint density at radius 1 is 1.12 bits per heavy atom. The van der Waals surface area contributed by atoms with Gasteiger partial charge < -0.3 is 4.90 Å². The zero-order chi connectivity index (χ0) is 18.3. The summed E-state index contributed by atoms with van der Waals surface area (Å²) in [5.74, 6) is -0.948. The van der Waals surface area contributed by atoms with Crippen molar-refractivity contribution in [2.24, 2.45) is 0 Å². The van der Waals surface area contributed by atoms with Crippen LogP contribution in [-0.4, -0.2) is 28.5 Å². The molecule has 4 rings (SSSR count). The maximum Gasteiger partial charge on any atom is 0.294 e. The maximum absolute atomic E-state index is 12.0. The Labute approximate surface area is 155 Å². The van der Waals surface area contributed by atoms with Crippen molar-refractivity contribution in [3.8, 4) is 11.1 Å². The molecule has 26 heavy (non-hydrogen) atoms. The fraction of sp³-hybridized carbons (Fsp3) is 0.150. The first-order valence-corrected chi connectivity index (χ1v) is 8.61. The van der Waals surface area contributed by atoms with Crippen LogP contribution in [0.5, 0.6) is 0 Å². The van der Waals surface area contributed by atoms with E-state index in [9.17, 15) is 9.59 Å². The molecule has 0 fully saturated rings. The fourth-order valence-electron chi connectivity index (χ4n) is 3.17. The summed E-state index contributed by atoms with van der Waals surface area (Å²) >= 11 is 6.39. The molecule has 2 aromatic carbocycles. The number of carbonyl (C=O) groups excluding carboxylic acids is 2. The molecule has 3 aromatic rings. The zero-order valence-electron chi connectivity index (χ0n) is 14.1. The first-order valence-electron chi connectivity index (χ1n) is 8.23. The quantitative estimate of drug-likeness (QED) is 0.669. The molecule has 0 N–H and O–H groups in total. The van der Waals surface area contributed by atoms with E-state index in [1.807, 2.05) is 41.2 Å². The third-order valence-corrected chi connectivity index (χ3v) is 4.90. The largest absolute Gasteiger partial charge is 0.309 e. The Hall–Kier alpha value is -2.92. The summed E-state index contributed by atoms with van der Waals surface area (Å²) in [6.07, 6.45) is 3.77. The third-order valence-electron chi connectivity index (χ3n) is 4.57. The number of carbonyl (C=O) groups is 2. The molecule has 1 aliphatic heterocycles. The minimum Gasteiger partial charge on any atom is -0.309 e. The molecule has 1 aliphatic rings. The van der Waals surface area contributed by atoms with Crippen molar-refractivity contribution in [3.05, 3.63) is 71.0 Å². The van der Waals surface area contributed by atoms with E-state index in [1.165, 1.54) is 4.90 Å². The fourth-order valence-corrected chi connectivity index (χ4v) is 3.45. The number of anilines is 1. The van der Waals surface area contributed by atoms with E-state index < -0.39 is 11.7 Å². The lowest BCUT2D eigenvalue weighted by molar-refractivity contribution is -0.136. The lowest BCUT2D eigenvalue weighted by atomic mass is 9.97. The number of benzene rings is 2. The van der Waals surface area contributed by atoms with Crippen LogP contribution in [0.3, 0.4) is 0 Å². The summed E-state index contributed by atoms with van der Waals surface area (Å²) in [4.78, 5) is 25.1. The number of amides is 1. The number of hydrogen-bond donors (Lipinski definition) is 0. The van der Waals surface area contributed by atoms with Crippen LogP contribution in [0, 0.1) is 0 Å². The van der Waals surface area contributed by atoms with Crippen LogP contribution in [-0.2, 0) is 22.6 Å². The summed E-state index contributed by atoms with van der Waals surface area (Å²) < 4.78 is 1.86. The van der Waals surface area contributed by atoms with Crippen LogP contribution < -0.4 is 4.90 Å². The number of aromatic nitrogens is 2. The molecule has 0 saturated heterocycles. The van der Waals surface area contributed by atoms with Crippen LogP contribution in [0.25, 0.3) is 11.1 Å². The van der Waals surface area contributed by atoms with Gasteiger partial charge in [0, 0.05) is 41.5 Å². The predicted molar refractivity (Wildman–Crippen MR) is 100 cm³/mol. The topological polar surface area (TPSA) is 55.2 Å². The Morgan fingerprint density at radius 3 is 2.65 bits per heavy atom. The minimum atomic E-state index is -0.509. The van der Waals surface area contributed by atoms with E-state index in [1.54, 1.807) is 13.2 Å². The Kier molecular flexibility index (Phi) is 4.09. The molecule has 6 heteroatoms. The molecule has 0 unspecified atom stereocenters. The van der Waals surface area contributed by atoms with Crippen molar-refractivity contribution in [3.63, 3.8) is 0 Å². The molecule has 0 saturated carbocycles. The van der Waals surface area contributed by atoms with Gasteiger partial charge in [0.25, 0.3) is 5.91 Å². The lowest BCUT2D eigenvalue weighted by Gasteiger charge is -2.26. The standard InChI is InChI=1S/C20H16ClN3O2/c1-23-18-8-14(7-17(21)16(18)9-19(25)20(23)26)15-10-22-24(12-15)11-13-5-3-2-4-6-13/h2-8,10,12H,9,11H2,1H3. The molecule has 0 atom stereocenters.